The molecule has 33 heavy (non-hydrogen) atoms. The molecule has 0 saturated heterocycles. The molecule has 2 aliphatic rings. The quantitative estimate of drug-likeness (QED) is 0.345. The van der Waals surface area contributed by atoms with Gasteiger partial charge < -0.3 is 13.9 Å². The lowest BCUT2D eigenvalue weighted by Crippen LogP contribution is -2.28. The molecule has 0 bridgehead atoms. The number of fused-ring (bicyclic) bond motifs is 1. The monoisotopic (exact) mass is 496 g/mol. The van der Waals surface area contributed by atoms with Gasteiger partial charge in [-0.1, -0.05) is 23.9 Å². The number of aromatic nitrogens is 2. The molecule has 0 unspecified atom stereocenters. The Morgan fingerprint density at radius 1 is 1.09 bits per heavy atom. The maximum Gasteiger partial charge on any atom is 0.277 e. The van der Waals surface area contributed by atoms with Crippen molar-refractivity contribution in [1.82, 2.24) is 15.2 Å². The van der Waals surface area contributed by atoms with Crippen molar-refractivity contribution in [2.75, 3.05) is 12.5 Å². The molecule has 2 aliphatic heterocycles. The second-order valence-corrected chi connectivity index (χ2v) is 10.1. The number of hydrogen-bond acceptors (Lipinski definition) is 10. The minimum Gasteiger partial charge on any atom is -0.454 e. The molecule has 0 saturated carbocycles. The molecule has 11 heteroatoms. The van der Waals surface area contributed by atoms with Crippen LogP contribution >= 0.6 is 34.4 Å². The minimum absolute atomic E-state index is 0.0953. The second-order valence-electron chi connectivity index (χ2n) is 7.23. The fraction of sp³-hybridized carbons (Fsp3) is 0.182. The molecular weight excluding hydrogens is 480 g/mol. The van der Waals surface area contributed by atoms with Crippen LogP contribution < -0.4 is 9.47 Å². The highest BCUT2D eigenvalue weighted by molar-refractivity contribution is 7.99. The molecule has 1 amide bonds. The van der Waals surface area contributed by atoms with E-state index in [2.05, 4.69) is 15.3 Å². The zero-order chi connectivity index (χ0) is 22.2. The predicted molar refractivity (Wildman–Crippen MR) is 126 cm³/mol. The standard InChI is InChI=1S/C22H16N4O4S3/c27-20(26-15(19-4-2-8-32-19)10-14(25-26)18-3-1-7-31-18)11-33-22-24-23-21(30-22)13-5-6-16-17(9-13)29-12-28-16/h1-9,15H,10-12H2/t15-/m1/s1. The minimum atomic E-state index is -0.104. The zero-order valence-corrected chi connectivity index (χ0v) is 19.5. The lowest BCUT2D eigenvalue weighted by Gasteiger charge is -2.20. The third-order valence-corrected chi connectivity index (χ3v) is 7.88. The fourth-order valence-corrected chi connectivity index (χ4v) is 5.79. The number of hydrogen-bond donors (Lipinski definition) is 0. The lowest BCUT2D eigenvalue weighted by molar-refractivity contribution is -0.130. The van der Waals surface area contributed by atoms with Crippen LogP contribution in [0, 0.1) is 0 Å². The smallest absolute Gasteiger partial charge is 0.277 e. The highest BCUT2D eigenvalue weighted by Crippen LogP contribution is 2.38. The number of hydrazone groups is 1. The number of thiophene rings is 2. The average molecular weight is 497 g/mol. The van der Waals surface area contributed by atoms with Crippen LogP contribution in [0.2, 0.25) is 0 Å². The van der Waals surface area contributed by atoms with E-state index in [1.807, 2.05) is 41.1 Å². The lowest BCUT2D eigenvalue weighted by atomic mass is 10.1. The van der Waals surface area contributed by atoms with Crippen LogP contribution in [0.15, 0.2) is 68.0 Å². The molecule has 0 aliphatic carbocycles. The molecule has 1 atom stereocenters. The Morgan fingerprint density at radius 3 is 2.82 bits per heavy atom. The fourth-order valence-electron chi connectivity index (χ4n) is 3.64. The third kappa shape index (κ3) is 4.03. The van der Waals surface area contributed by atoms with E-state index in [0.717, 1.165) is 21.0 Å². The van der Waals surface area contributed by atoms with E-state index < -0.39 is 0 Å². The van der Waals surface area contributed by atoms with Crippen LogP contribution in [0.3, 0.4) is 0 Å². The van der Waals surface area contributed by atoms with E-state index >= 15 is 0 Å². The van der Waals surface area contributed by atoms with Crippen molar-refractivity contribution in [2.45, 2.75) is 17.7 Å². The zero-order valence-electron chi connectivity index (χ0n) is 17.0. The molecule has 8 nitrogen and oxygen atoms in total. The summed E-state index contributed by atoms with van der Waals surface area (Å²) in [6, 6.07) is 13.4. The summed E-state index contributed by atoms with van der Waals surface area (Å²) < 4.78 is 16.5. The first-order valence-electron chi connectivity index (χ1n) is 10.1. The summed E-state index contributed by atoms with van der Waals surface area (Å²) >= 11 is 4.47. The third-order valence-electron chi connectivity index (χ3n) is 5.19. The molecule has 4 aromatic rings. The molecule has 1 aromatic carbocycles. The van der Waals surface area contributed by atoms with Gasteiger partial charge in [0, 0.05) is 16.9 Å². The molecule has 0 fully saturated rings. The summed E-state index contributed by atoms with van der Waals surface area (Å²) in [6.07, 6.45) is 0.701. The molecule has 5 heterocycles. The number of rotatable bonds is 6. The molecule has 166 valence electrons. The van der Waals surface area contributed by atoms with E-state index in [9.17, 15) is 4.79 Å². The molecule has 3 aromatic heterocycles. The molecule has 6 rings (SSSR count). The Bertz CT molecular complexity index is 1320. The van der Waals surface area contributed by atoms with Crippen molar-refractivity contribution in [1.29, 1.82) is 0 Å². The van der Waals surface area contributed by atoms with Gasteiger partial charge in [-0.25, -0.2) is 5.01 Å². The summed E-state index contributed by atoms with van der Waals surface area (Å²) in [5, 5.41) is 18.8. The van der Waals surface area contributed by atoms with E-state index in [4.69, 9.17) is 13.9 Å². The van der Waals surface area contributed by atoms with E-state index in [1.165, 1.54) is 11.8 Å². The second kappa shape index (κ2) is 8.65. The van der Waals surface area contributed by atoms with E-state index in [0.29, 0.717) is 29.0 Å². The van der Waals surface area contributed by atoms with Gasteiger partial charge >= 0.3 is 0 Å². The number of benzene rings is 1. The van der Waals surface area contributed by atoms with Gasteiger partial charge in [-0.2, -0.15) is 5.10 Å². The van der Waals surface area contributed by atoms with E-state index in [1.54, 1.807) is 39.8 Å². The summed E-state index contributed by atoms with van der Waals surface area (Å²) in [7, 11) is 0. The van der Waals surface area contributed by atoms with Gasteiger partial charge in [0.05, 0.1) is 22.4 Å². The Kier molecular flexibility index (Phi) is 5.36. The van der Waals surface area contributed by atoms with Gasteiger partial charge in [0.25, 0.3) is 11.1 Å². The Labute approximate surface area is 200 Å². The number of amides is 1. The van der Waals surface area contributed by atoms with Crippen molar-refractivity contribution < 1.29 is 18.7 Å². The summed E-state index contributed by atoms with van der Waals surface area (Å²) in [6.45, 7) is 0.200. The van der Waals surface area contributed by atoms with Crippen LogP contribution in [0.25, 0.3) is 11.5 Å². The average Bonchev–Trinajstić information content (AvgIpc) is 3.67. The van der Waals surface area contributed by atoms with Crippen LogP contribution in [0.1, 0.15) is 22.2 Å². The number of ether oxygens (including phenoxy) is 2. The first-order valence-corrected chi connectivity index (χ1v) is 12.8. The van der Waals surface area contributed by atoms with Crippen LogP contribution in [0.4, 0.5) is 0 Å². The van der Waals surface area contributed by atoms with Crippen molar-refractivity contribution >= 4 is 46.1 Å². The Morgan fingerprint density at radius 2 is 1.97 bits per heavy atom. The van der Waals surface area contributed by atoms with E-state index in [-0.39, 0.29) is 24.5 Å². The van der Waals surface area contributed by atoms with Gasteiger partial charge in [0.2, 0.25) is 12.7 Å². The van der Waals surface area contributed by atoms with Gasteiger partial charge in [0.1, 0.15) is 0 Å². The molecule has 0 spiro atoms. The van der Waals surface area contributed by atoms with Crippen molar-refractivity contribution in [3.8, 4) is 23.0 Å². The topological polar surface area (TPSA) is 90.0 Å². The maximum absolute atomic E-state index is 13.1. The molecule has 0 N–H and O–H groups in total. The van der Waals surface area contributed by atoms with Crippen LogP contribution in [0.5, 0.6) is 11.5 Å². The largest absolute Gasteiger partial charge is 0.454 e. The summed E-state index contributed by atoms with van der Waals surface area (Å²) in [4.78, 5) is 15.3. The predicted octanol–water partition coefficient (Wildman–Crippen LogP) is 5.06. The SMILES string of the molecule is O=C(CSc1nnc(-c2ccc3c(c2)OCO3)o1)N1N=C(c2cccs2)C[C@@H]1c1cccs1. The van der Waals surface area contributed by atoms with Crippen molar-refractivity contribution in [2.24, 2.45) is 5.10 Å². The maximum atomic E-state index is 13.1. The molecular formula is C22H16N4O4S3. The number of carbonyl (C=O) groups excluding carboxylic acids is 1. The van der Waals surface area contributed by atoms with Gasteiger partial charge in [-0.15, -0.1) is 32.9 Å². The Balaban J connectivity index is 1.17. The van der Waals surface area contributed by atoms with Gasteiger partial charge in [-0.05, 0) is 41.1 Å². The molecule has 0 radical (unpaired) electrons. The number of nitrogens with zero attached hydrogens (tertiary/aromatic N) is 4. The van der Waals surface area contributed by atoms with Crippen LogP contribution in [-0.4, -0.2) is 39.4 Å². The normalized spacial score (nSPS) is 16.9. The Hall–Kier alpha value is -3.15. The van der Waals surface area contributed by atoms with Crippen molar-refractivity contribution in [3.63, 3.8) is 0 Å². The highest BCUT2D eigenvalue weighted by Gasteiger charge is 2.34. The first kappa shape index (κ1) is 20.5. The number of thioether (sulfide) groups is 1. The van der Waals surface area contributed by atoms with Gasteiger partial charge in [0.15, 0.2) is 11.5 Å². The summed E-state index contributed by atoms with van der Waals surface area (Å²) in [5.41, 5.74) is 1.66. The van der Waals surface area contributed by atoms with Crippen LogP contribution in [-0.2, 0) is 4.79 Å². The van der Waals surface area contributed by atoms with Crippen molar-refractivity contribution in [3.05, 3.63) is 63.0 Å². The number of carbonyl (C=O) groups is 1. The first-order chi connectivity index (χ1) is 16.2. The summed E-state index contributed by atoms with van der Waals surface area (Å²) in [5.74, 6) is 1.73. The highest BCUT2D eigenvalue weighted by atomic mass is 32.2. The van der Waals surface area contributed by atoms with Gasteiger partial charge in [-0.3, -0.25) is 4.79 Å².